The summed E-state index contributed by atoms with van der Waals surface area (Å²) in [5.41, 5.74) is 1.77. The predicted molar refractivity (Wildman–Crippen MR) is 80.0 cm³/mol. The monoisotopic (exact) mass is 293 g/mol. The average Bonchev–Trinajstić information content (AvgIpc) is 2.39. The van der Waals surface area contributed by atoms with E-state index in [9.17, 15) is 4.39 Å². The van der Waals surface area contributed by atoms with Crippen LogP contribution in [-0.2, 0) is 6.54 Å². The van der Waals surface area contributed by atoms with Gasteiger partial charge in [-0.2, -0.15) is 0 Å². The quantitative estimate of drug-likeness (QED) is 0.863. The van der Waals surface area contributed by atoms with Gasteiger partial charge in [0.1, 0.15) is 17.3 Å². The lowest BCUT2D eigenvalue weighted by Gasteiger charge is -2.11. The van der Waals surface area contributed by atoms with Crippen molar-refractivity contribution in [3.05, 3.63) is 58.4 Å². The van der Waals surface area contributed by atoms with E-state index in [0.29, 0.717) is 23.1 Å². The van der Waals surface area contributed by atoms with Gasteiger partial charge in [0.05, 0.1) is 0 Å². The smallest absolute Gasteiger partial charge is 0.130 e. The van der Waals surface area contributed by atoms with Gasteiger partial charge >= 0.3 is 0 Å². The molecule has 0 aliphatic carbocycles. The number of aryl methyl sites for hydroxylation is 1. The van der Waals surface area contributed by atoms with Crippen molar-refractivity contribution in [3.8, 4) is 11.5 Å². The van der Waals surface area contributed by atoms with Gasteiger partial charge in [-0.05, 0) is 54.9 Å². The summed E-state index contributed by atoms with van der Waals surface area (Å²) in [6.45, 7) is 5.36. The lowest BCUT2D eigenvalue weighted by molar-refractivity contribution is 0.471. The summed E-state index contributed by atoms with van der Waals surface area (Å²) in [6, 6.07) is 10.1. The molecule has 2 rings (SSSR count). The molecule has 2 aromatic rings. The van der Waals surface area contributed by atoms with Gasteiger partial charge in [-0.1, -0.05) is 18.5 Å². The van der Waals surface area contributed by atoms with Crippen molar-refractivity contribution in [2.45, 2.75) is 20.4 Å². The molecule has 106 valence electrons. The van der Waals surface area contributed by atoms with Gasteiger partial charge in [0.15, 0.2) is 0 Å². The topological polar surface area (TPSA) is 21.3 Å². The van der Waals surface area contributed by atoms with Gasteiger partial charge in [0.2, 0.25) is 0 Å². The SMILES string of the molecule is CCNCc1cc(F)cc(Oc2ccc(Cl)cc2C)c1. The van der Waals surface area contributed by atoms with E-state index in [-0.39, 0.29) is 5.82 Å². The Hall–Kier alpha value is -1.58. The number of nitrogens with one attached hydrogen (secondary N) is 1. The zero-order valence-corrected chi connectivity index (χ0v) is 12.3. The van der Waals surface area contributed by atoms with Gasteiger partial charge in [-0.15, -0.1) is 0 Å². The van der Waals surface area contributed by atoms with Crippen LogP contribution in [0.15, 0.2) is 36.4 Å². The lowest BCUT2D eigenvalue weighted by Crippen LogP contribution is -2.11. The summed E-state index contributed by atoms with van der Waals surface area (Å²) in [6.07, 6.45) is 0. The number of hydrogen-bond donors (Lipinski definition) is 1. The fourth-order valence-corrected chi connectivity index (χ4v) is 2.13. The van der Waals surface area contributed by atoms with E-state index in [1.165, 1.54) is 12.1 Å². The molecular weight excluding hydrogens is 277 g/mol. The number of hydrogen-bond acceptors (Lipinski definition) is 2. The van der Waals surface area contributed by atoms with Crippen molar-refractivity contribution in [2.75, 3.05) is 6.54 Å². The van der Waals surface area contributed by atoms with E-state index in [2.05, 4.69) is 5.32 Å². The highest BCUT2D eigenvalue weighted by Crippen LogP contribution is 2.28. The molecule has 0 aliphatic heterocycles. The minimum atomic E-state index is -0.304. The molecule has 1 N–H and O–H groups in total. The molecule has 2 nitrogen and oxygen atoms in total. The van der Waals surface area contributed by atoms with E-state index in [0.717, 1.165) is 17.7 Å². The van der Waals surface area contributed by atoms with E-state index >= 15 is 0 Å². The third kappa shape index (κ3) is 3.95. The van der Waals surface area contributed by atoms with E-state index in [1.807, 2.05) is 26.0 Å². The van der Waals surface area contributed by atoms with Crippen molar-refractivity contribution < 1.29 is 9.13 Å². The highest BCUT2D eigenvalue weighted by molar-refractivity contribution is 6.30. The average molecular weight is 294 g/mol. The maximum Gasteiger partial charge on any atom is 0.130 e. The van der Waals surface area contributed by atoms with Crippen LogP contribution in [0.2, 0.25) is 5.02 Å². The third-order valence-electron chi connectivity index (χ3n) is 2.87. The minimum absolute atomic E-state index is 0.304. The molecule has 0 fully saturated rings. The van der Waals surface area contributed by atoms with Crippen molar-refractivity contribution in [3.63, 3.8) is 0 Å². The van der Waals surface area contributed by atoms with Crippen molar-refractivity contribution in [1.29, 1.82) is 0 Å². The summed E-state index contributed by atoms with van der Waals surface area (Å²) in [5, 5.41) is 3.82. The molecule has 2 aromatic carbocycles. The van der Waals surface area contributed by atoms with Crippen LogP contribution in [0, 0.1) is 12.7 Å². The number of ether oxygens (including phenoxy) is 1. The first-order valence-corrected chi connectivity index (χ1v) is 6.90. The molecule has 0 aliphatic rings. The zero-order chi connectivity index (χ0) is 14.5. The third-order valence-corrected chi connectivity index (χ3v) is 3.11. The van der Waals surface area contributed by atoms with E-state index in [4.69, 9.17) is 16.3 Å². The van der Waals surface area contributed by atoms with Crippen LogP contribution in [-0.4, -0.2) is 6.54 Å². The highest BCUT2D eigenvalue weighted by atomic mass is 35.5. The lowest BCUT2D eigenvalue weighted by atomic mass is 10.2. The summed E-state index contributed by atoms with van der Waals surface area (Å²) in [7, 11) is 0. The molecule has 0 amide bonds. The summed E-state index contributed by atoms with van der Waals surface area (Å²) < 4.78 is 19.3. The van der Waals surface area contributed by atoms with Crippen molar-refractivity contribution in [2.24, 2.45) is 0 Å². The fraction of sp³-hybridized carbons (Fsp3) is 0.250. The molecule has 0 atom stereocenters. The Morgan fingerprint density at radius 1 is 1.20 bits per heavy atom. The second-order valence-electron chi connectivity index (χ2n) is 4.59. The number of halogens is 2. The van der Waals surface area contributed by atoms with Crippen molar-refractivity contribution in [1.82, 2.24) is 5.32 Å². The molecular formula is C16H17ClFNO. The van der Waals surface area contributed by atoms with Gasteiger partial charge < -0.3 is 10.1 Å². The first-order valence-electron chi connectivity index (χ1n) is 6.52. The van der Waals surface area contributed by atoms with Gasteiger partial charge in [-0.25, -0.2) is 4.39 Å². The molecule has 0 heterocycles. The maximum atomic E-state index is 13.6. The Balaban J connectivity index is 2.21. The van der Waals surface area contributed by atoms with Crippen LogP contribution < -0.4 is 10.1 Å². The molecule has 0 saturated carbocycles. The van der Waals surface area contributed by atoms with E-state index in [1.54, 1.807) is 12.1 Å². The standard InChI is InChI=1S/C16H17ClFNO/c1-3-19-10-12-7-14(18)9-15(8-12)20-16-5-4-13(17)6-11(16)2/h4-9,19H,3,10H2,1-2H3. The van der Waals surface area contributed by atoms with Crippen LogP contribution in [0.3, 0.4) is 0 Å². The normalized spacial score (nSPS) is 10.6. The minimum Gasteiger partial charge on any atom is -0.457 e. The predicted octanol–water partition coefficient (Wildman–Crippen LogP) is 4.69. The largest absolute Gasteiger partial charge is 0.457 e. The van der Waals surface area contributed by atoms with Gasteiger partial charge in [-0.3, -0.25) is 0 Å². The first-order chi connectivity index (χ1) is 9.58. The highest BCUT2D eigenvalue weighted by Gasteiger charge is 2.06. The Labute approximate surface area is 123 Å². The Morgan fingerprint density at radius 2 is 2.00 bits per heavy atom. The van der Waals surface area contributed by atoms with Gasteiger partial charge in [0.25, 0.3) is 0 Å². The molecule has 0 aromatic heterocycles. The summed E-state index contributed by atoms with van der Waals surface area (Å²) in [5.74, 6) is 0.861. The summed E-state index contributed by atoms with van der Waals surface area (Å²) in [4.78, 5) is 0. The Bertz CT molecular complexity index is 601. The number of rotatable bonds is 5. The maximum absolute atomic E-state index is 13.6. The van der Waals surface area contributed by atoms with Crippen LogP contribution in [0.1, 0.15) is 18.1 Å². The fourth-order valence-electron chi connectivity index (χ4n) is 1.91. The van der Waals surface area contributed by atoms with Crippen LogP contribution >= 0.6 is 11.6 Å². The molecule has 0 radical (unpaired) electrons. The molecule has 0 unspecified atom stereocenters. The molecule has 0 spiro atoms. The second kappa shape index (κ2) is 6.73. The van der Waals surface area contributed by atoms with E-state index < -0.39 is 0 Å². The molecule has 0 saturated heterocycles. The number of benzene rings is 2. The second-order valence-corrected chi connectivity index (χ2v) is 5.02. The molecule has 4 heteroatoms. The summed E-state index contributed by atoms with van der Waals surface area (Å²) >= 11 is 5.90. The molecule has 0 bridgehead atoms. The zero-order valence-electron chi connectivity index (χ0n) is 11.5. The Kier molecular flexibility index (Phi) is 4.99. The van der Waals surface area contributed by atoms with Gasteiger partial charge in [0, 0.05) is 17.6 Å². The van der Waals surface area contributed by atoms with Crippen LogP contribution in [0.25, 0.3) is 0 Å². The van der Waals surface area contributed by atoms with Crippen molar-refractivity contribution >= 4 is 11.6 Å². The van der Waals surface area contributed by atoms with Crippen LogP contribution in [0.5, 0.6) is 11.5 Å². The first kappa shape index (κ1) is 14.8. The van der Waals surface area contributed by atoms with Crippen LogP contribution in [0.4, 0.5) is 4.39 Å². The Morgan fingerprint density at radius 3 is 2.70 bits per heavy atom. The molecule has 20 heavy (non-hydrogen) atoms.